The lowest BCUT2D eigenvalue weighted by Gasteiger charge is -2.03. The Morgan fingerprint density at radius 2 is 2.27 bits per heavy atom. The van der Waals surface area contributed by atoms with E-state index in [0.29, 0.717) is 6.61 Å². The zero-order valence-corrected chi connectivity index (χ0v) is 8.70. The molecule has 0 spiro atoms. The summed E-state index contributed by atoms with van der Waals surface area (Å²) in [5.74, 6) is -1.23. The van der Waals surface area contributed by atoms with Crippen molar-refractivity contribution in [1.82, 2.24) is 4.98 Å². The van der Waals surface area contributed by atoms with Gasteiger partial charge in [0.25, 0.3) is 0 Å². The summed E-state index contributed by atoms with van der Waals surface area (Å²) in [7, 11) is 0. The maximum Gasteiger partial charge on any atom is 0.357 e. The predicted molar refractivity (Wildman–Crippen MR) is 54.0 cm³/mol. The van der Waals surface area contributed by atoms with Gasteiger partial charge in [0, 0.05) is 0 Å². The summed E-state index contributed by atoms with van der Waals surface area (Å²) in [5.41, 5.74) is 0.0199. The van der Waals surface area contributed by atoms with Crippen molar-refractivity contribution < 1.29 is 13.9 Å². The van der Waals surface area contributed by atoms with E-state index in [2.05, 4.69) is 11.9 Å². The Balaban J connectivity index is 2.40. The second kappa shape index (κ2) is 6.11. The van der Waals surface area contributed by atoms with E-state index in [4.69, 9.17) is 4.74 Å². The molecule has 1 rings (SSSR count). The fraction of sp³-hybridized carbons (Fsp3) is 0.455. The normalized spacial score (nSPS) is 10.0. The molecule has 15 heavy (non-hydrogen) atoms. The molecule has 0 aromatic carbocycles. The molecule has 0 unspecified atom stereocenters. The molecule has 0 atom stereocenters. The third kappa shape index (κ3) is 4.06. The van der Waals surface area contributed by atoms with E-state index in [1.807, 2.05) is 0 Å². The lowest BCUT2D eigenvalue weighted by molar-refractivity contribution is 0.0490. The number of hydrogen-bond donors (Lipinski definition) is 0. The van der Waals surface area contributed by atoms with Crippen LogP contribution in [-0.2, 0) is 4.74 Å². The number of aromatic nitrogens is 1. The molecule has 0 saturated heterocycles. The first-order valence-corrected chi connectivity index (χ1v) is 5.03. The molecule has 0 saturated carbocycles. The van der Waals surface area contributed by atoms with E-state index in [1.54, 1.807) is 0 Å². The van der Waals surface area contributed by atoms with Gasteiger partial charge in [-0.3, -0.25) is 0 Å². The van der Waals surface area contributed by atoms with Gasteiger partial charge in [0.2, 0.25) is 5.95 Å². The molecule has 82 valence electrons. The minimum atomic E-state index is -0.669. The van der Waals surface area contributed by atoms with Crippen LogP contribution in [0.2, 0.25) is 0 Å². The van der Waals surface area contributed by atoms with Crippen LogP contribution in [0.5, 0.6) is 0 Å². The number of pyridine rings is 1. The SMILES string of the molecule is CCCCCOC(=O)c1cccc(F)n1. The number of halogens is 1. The Labute approximate surface area is 88.3 Å². The van der Waals surface area contributed by atoms with Crippen LogP contribution in [0.3, 0.4) is 0 Å². The van der Waals surface area contributed by atoms with E-state index >= 15 is 0 Å². The van der Waals surface area contributed by atoms with Crippen molar-refractivity contribution in [2.45, 2.75) is 26.2 Å². The fourth-order valence-corrected chi connectivity index (χ4v) is 1.11. The molecule has 1 heterocycles. The van der Waals surface area contributed by atoms with E-state index in [-0.39, 0.29) is 5.69 Å². The summed E-state index contributed by atoms with van der Waals surface area (Å²) in [6, 6.07) is 4.06. The minimum absolute atomic E-state index is 0.0199. The van der Waals surface area contributed by atoms with Gasteiger partial charge in [-0.15, -0.1) is 0 Å². The number of carbonyl (C=O) groups is 1. The molecule has 0 aliphatic heterocycles. The largest absolute Gasteiger partial charge is 0.461 e. The Morgan fingerprint density at radius 1 is 1.47 bits per heavy atom. The molecule has 1 aromatic rings. The van der Waals surface area contributed by atoms with E-state index in [1.165, 1.54) is 18.2 Å². The van der Waals surface area contributed by atoms with Crippen molar-refractivity contribution in [2.75, 3.05) is 6.61 Å². The van der Waals surface area contributed by atoms with Crippen LogP contribution in [0.15, 0.2) is 18.2 Å². The molecular weight excluding hydrogens is 197 g/mol. The quantitative estimate of drug-likeness (QED) is 0.427. The second-order valence-electron chi connectivity index (χ2n) is 3.19. The van der Waals surface area contributed by atoms with Crippen molar-refractivity contribution in [3.05, 3.63) is 29.8 Å². The van der Waals surface area contributed by atoms with Crippen molar-refractivity contribution in [2.24, 2.45) is 0 Å². The zero-order valence-electron chi connectivity index (χ0n) is 8.70. The highest BCUT2D eigenvalue weighted by Crippen LogP contribution is 2.01. The topological polar surface area (TPSA) is 39.2 Å². The molecule has 0 aliphatic rings. The molecular formula is C11H14FNO2. The number of hydrogen-bond acceptors (Lipinski definition) is 3. The summed E-state index contributed by atoms with van der Waals surface area (Å²) >= 11 is 0. The Bertz CT molecular complexity index is 328. The summed E-state index contributed by atoms with van der Waals surface area (Å²) in [5, 5.41) is 0. The van der Waals surface area contributed by atoms with Crippen LogP contribution in [0, 0.1) is 5.95 Å². The molecule has 0 radical (unpaired) electrons. The molecule has 0 bridgehead atoms. The Morgan fingerprint density at radius 3 is 2.93 bits per heavy atom. The van der Waals surface area contributed by atoms with Gasteiger partial charge < -0.3 is 4.74 Å². The van der Waals surface area contributed by atoms with Crippen LogP contribution in [0.25, 0.3) is 0 Å². The van der Waals surface area contributed by atoms with Gasteiger partial charge in [-0.2, -0.15) is 4.39 Å². The average Bonchev–Trinajstić information content (AvgIpc) is 2.24. The summed E-state index contributed by atoms with van der Waals surface area (Å²) in [4.78, 5) is 14.7. The van der Waals surface area contributed by atoms with Gasteiger partial charge in [0.15, 0.2) is 5.69 Å². The first kappa shape index (κ1) is 11.6. The number of carbonyl (C=O) groups excluding carboxylic acids is 1. The van der Waals surface area contributed by atoms with Crippen LogP contribution < -0.4 is 0 Å². The van der Waals surface area contributed by atoms with Crippen LogP contribution >= 0.6 is 0 Å². The van der Waals surface area contributed by atoms with Crippen LogP contribution in [0.4, 0.5) is 4.39 Å². The molecule has 1 aromatic heterocycles. The van der Waals surface area contributed by atoms with Crippen molar-refractivity contribution >= 4 is 5.97 Å². The highest BCUT2D eigenvalue weighted by Gasteiger charge is 2.08. The van der Waals surface area contributed by atoms with Gasteiger partial charge in [0.05, 0.1) is 6.61 Å². The molecule has 0 N–H and O–H groups in total. The van der Waals surface area contributed by atoms with E-state index in [9.17, 15) is 9.18 Å². The number of nitrogens with zero attached hydrogens (tertiary/aromatic N) is 1. The van der Waals surface area contributed by atoms with Gasteiger partial charge in [-0.05, 0) is 18.6 Å². The Hall–Kier alpha value is -1.45. The van der Waals surface area contributed by atoms with Gasteiger partial charge in [0.1, 0.15) is 0 Å². The molecule has 0 fully saturated rings. The zero-order chi connectivity index (χ0) is 11.1. The third-order valence-electron chi connectivity index (χ3n) is 1.91. The third-order valence-corrected chi connectivity index (χ3v) is 1.91. The van der Waals surface area contributed by atoms with E-state index < -0.39 is 11.9 Å². The number of unbranched alkanes of at least 4 members (excludes halogenated alkanes) is 2. The molecule has 0 aliphatic carbocycles. The predicted octanol–water partition coefficient (Wildman–Crippen LogP) is 2.57. The summed E-state index contributed by atoms with van der Waals surface area (Å²) in [6.07, 6.45) is 2.91. The van der Waals surface area contributed by atoms with Gasteiger partial charge >= 0.3 is 5.97 Å². The van der Waals surface area contributed by atoms with Crippen molar-refractivity contribution in [1.29, 1.82) is 0 Å². The number of rotatable bonds is 5. The lowest BCUT2D eigenvalue weighted by Crippen LogP contribution is -2.09. The molecule has 4 heteroatoms. The van der Waals surface area contributed by atoms with Gasteiger partial charge in [-0.25, -0.2) is 9.78 Å². The maximum absolute atomic E-state index is 12.7. The second-order valence-corrected chi connectivity index (χ2v) is 3.19. The Kier molecular flexibility index (Phi) is 4.74. The average molecular weight is 211 g/mol. The summed E-state index contributed by atoms with van der Waals surface area (Å²) < 4.78 is 17.6. The number of ether oxygens (including phenoxy) is 1. The van der Waals surface area contributed by atoms with Crippen LogP contribution in [0.1, 0.15) is 36.7 Å². The van der Waals surface area contributed by atoms with Crippen LogP contribution in [-0.4, -0.2) is 17.6 Å². The van der Waals surface area contributed by atoms with E-state index in [0.717, 1.165) is 19.3 Å². The minimum Gasteiger partial charge on any atom is -0.461 e. The first-order chi connectivity index (χ1) is 7.24. The molecule has 0 amide bonds. The number of esters is 1. The smallest absolute Gasteiger partial charge is 0.357 e. The van der Waals surface area contributed by atoms with Crippen molar-refractivity contribution in [3.8, 4) is 0 Å². The molecule has 3 nitrogen and oxygen atoms in total. The summed E-state index contributed by atoms with van der Waals surface area (Å²) in [6.45, 7) is 2.43. The maximum atomic E-state index is 12.7. The fourth-order valence-electron chi connectivity index (χ4n) is 1.11. The lowest BCUT2D eigenvalue weighted by atomic mass is 10.3. The standard InChI is InChI=1S/C11H14FNO2/c1-2-3-4-8-15-11(14)9-6-5-7-10(12)13-9/h5-7H,2-4,8H2,1H3. The first-order valence-electron chi connectivity index (χ1n) is 5.03. The highest BCUT2D eigenvalue weighted by atomic mass is 19.1. The van der Waals surface area contributed by atoms with Gasteiger partial charge in [-0.1, -0.05) is 25.8 Å². The van der Waals surface area contributed by atoms with Crippen molar-refractivity contribution in [3.63, 3.8) is 0 Å². The monoisotopic (exact) mass is 211 g/mol. The highest BCUT2D eigenvalue weighted by molar-refractivity contribution is 5.87.